The fourth-order valence-corrected chi connectivity index (χ4v) is 3.62. The average Bonchev–Trinajstić information content (AvgIpc) is 3.19. The Kier molecular flexibility index (Phi) is 3.91. The predicted molar refractivity (Wildman–Crippen MR) is 89.8 cm³/mol. The van der Waals surface area contributed by atoms with Crippen molar-refractivity contribution in [3.63, 3.8) is 0 Å². The summed E-state index contributed by atoms with van der Waals surface area (Å²) < 4.78 is 14.5. The number of nitrogens with one attached hydrogen (secondary N) is 2. The van der Waals surface area contributed by atoms with Crippen molar-refractivity contribution >= 4 is 6.03 Å². The van der Waals surface area contributed by atoms with E-state index in [0.717, 1.165) is 37.7 Å². The van der Waals surface area contributed by atoms with E-state index in [1.54, 1.807) is 12.3 Å². The number of piperidine rings is 1. The largest absolute Gasteiger partial charge is 0.331 e. The van der Waals surface area contributed by atoms with E-state index in [4.69, 9.17) is 0 Å². The molecule has 2 N–H and O–H groups in total. The smallest absolute Gasteiger partial charge is 0.318 e. The Labute approximate surface area is 145 Å². The molecule has 1 spiro atoms. The highest BCUT2D eigenvalue weighted by molar-refractivity contribution is 5.78. The van der Waals surface area contributed by atoms with Gasteiger partial charge in [0.25, 0.3) is 0 Å². The van der Waals surface area contributed by atoms with Crippen LogP contribution in [0.1, 0.15) is 31.4 Å². The molecule has 1 atom stereocenters. The summed E-state index contributed by atoms with van der Waals surface area (Å²) in [5, 5.41) is 10.4. The van der Waals surface area contributed by atoms with Crippen molar-refractivity contribution in [3.05, 3.63) is 42.1 Å². The molecule has 0 radical (unpaired) electrons. The van der Waals surface area contributed by atoms with Crippen LogP contribution in [0.15, 0.2) is 30.7 Å². The molecule has 25 heavy (non-hydrogen) atoms. The second-order valence-corrected chi connectivity index (χ2v) is 6.82. The number of rotatable bonds is 3. The number of pyridine rings is 1. The molecular formula is C17H21FN6O. The number of hydrogen-bond acceptors (Lipinski definition) is 4. The number of carbonyl (C=O) groups excluding carboxylic acids is 1. The van der Waals surface area contributed by atoms with Crippen LogP contribution in [0.25, 0.3) is 5.82 Å². The van der Waals surface area contributed by atoms with Crippen LogP contribution in [0, 0.1) is 5.82 Å². The molecule has 2 fully saturated rings. The average molecular weight is 344 g/mol. The second kappa shape index (κ2) is 6.11. The zero-order chi connectivity index (χ0) is 17.4. The molecule has 2 aromatic rings. The molecule has 4 rings (SSSR count). The van der Waals surface area contributed by atoms with Gasteiger partial charge in [0, 0.05) is 12.7 Å². The van der Waals surface area contributed by atoms with Gasteiger partial charge in [-0.2, -0.15) is 5.10 Å². The van der Waals surface area contributed by atoms with Gasteiger partial charge in [-0.05, 0) is 44.5 Å². The quantitative estimate of drug-likeness (QED) is 0.887. The molecule has 1 unspecified atom stereocenters. The van der Waals surface area contributed by atoms with Gasteiger partial charge >= 0.3 is 6.03 Å². The monoisotopic (exact) mass is 344 g/mol. The molecule has 2 aromatic heterocycles. The SMILES string of the molecule is CC(c1ccc(-n2cc(F)cn2)nc1)N1CC2(CCNCC2)NC1=O. The predicted octanol–water partition coefficient (Wildman–Crippen LogP) is 1.61. The van der Waals surface area contributed by atoms with E-state index in [1.807, 2.05) is 17.9 Å². The lowest BCUT2D eigenvalue weighted by Crippen LogP contribution is -2.51. The van der Waals surface area contributed by atoms with Gasteiger partial charge in [-0.25, -0.2) is 18.9 Å². The maximum atomic E-state index is 13.1. The normalized spacial score (nSPS) is 20.7. The molecule has 0 bridgehead atoms. The minimum Gasteiger partial charge on any atom is -0.331 e. The first kappa shape index (κ1) is 16.0. The van der Waals surface area contributed by atoms with Gasteiger partial charge in [0.1, 0.15) is 0 Å². The molecule has 4 heterocycles. The minimum absolute atomic E-state index is 0.0207. The first-order valence-corrected chi connectivity index (χ1v) is 8.52. The lowest BCUT2D eigenvalue weighted by atomic mass is 9.89. The summed E-state index contributed by atoms with van der Waals surface area (Å²) in [6.07, 6.45) is 6.04. The zero-order valence-corrected chi connectivity index (χ0v) is 14.1. The van der Waals surface area contributed by atoms with Crippen LogP contribution < -0.4 is 10.6 Å². The van der Waals surface area contributed by atoms with Gasteiger partial charge in [0.05, 0.1) is 24.0 Å². The summed E-state index contributed by atoms with van der Waals surface area (Å²) in [4.78, 5) is 18.7. The summed E-state index contributed by atoms with van der Waals surface area (Å²) in [5.41, 5.74) is 0.828. The third kappa shape index (κ3) is 2.97. The Morgan fingerprint density at radius 3 is 2.72 bits per heavy atom. The van der Waals surface area contributed by atoms with Crippen LogP contribution in [0.4, 0.5) is 9.18 Å². The van der Waals surface area contributed by atoms with E-state index in [-0.39, 0.29) is 17.6 Å². The molecule has 0 aromatic carbocycles. The Morgan fingerprint density at radius 1 is 1.28 bits per heavy atom. The molecule has 8 heteroatoms. The molecule has 2 amide bonds. The van der Waals surface area contributed by atoms with Gasteiger partial charge in [-0.3, -0.25) is 0 Å². The summed E-state index contributed by atoms with van der Waals surface area (Å²) in [7, 11) is 0. The van der Waals surface area contributed by atoms with E-state index in [9.17, 15) is 9.18 Å². The standard InChI is InChI=1S/C17H21FN6O/c1-12(23-11-17(22-16(23)25)4-6-19-7-5-17)13-2-3-15(20-8-13)24-10-14(18)9-21-24/h2-3,8-10,12,19H,4-7,11H2,1H3,(H,22,25). The topological polar surface area (TPSA) is 75.1 Å². The second-order valence-electron chi connectivity index (χ2n) is 6.82. The number of nitrogens with zero attached hydrogens (tertiary/aromatic N) is 4. The molecule has 0 aliphatic carbocycles. The van der Waals surface area contributed by atoms with Gasteiger partial charge in [-0.1, -0.05) is 6.07 Å². The minimum atomic E-state index is -0.403. The number of urea groups is 1. The summed E-state index contributed by atoms with van der Waals surface area (Å²) >= 11 is 0. The third-order valence-electron chi connectivity index (χ3n) is 5.17. The number of hydrogen-bond donors (Lipinski definition) is 2. The lowest BCUT2D eigenvalue weighted by molar-refractivity contribution is 0.199. The van der Waals surface area contributed by atoms with Gasteiger partial charge < -0.3 is 15.5 Å². The van der Waals surface area contributed by atoms with Crippen LogP contribution >= 0.6 is 0 Å². The van der Waals surface area contributed by atoms with E-state index in [1.165, 1.54) is 10.9 Å². The van der Waals surface area contributed by atoms with E-state index < -0.39 is 5.82 Å². The van der Waals surface area contributed by atoms with Gasteiger partial charge in [0.15, 0.2) is 11.6 Å². The van der Waals surface area contributed by atoms with Crippen LogP contribution in [-0.2, 0) is 0 Å². The Balaban J connectivity index is 1.50. The highest BCUT2D eigenvalue weighted by Gasteiger charge is 2.44. The third-order valence-corrected chi connectivity index (χ3v) is 5.17. The first-order chi connectivity index (χ1) is 12.1. The van der Waals surface area contributed by atoms with E-state index in [2.05, 4.69) is 20.7 Å². The highest BCUT2D eigenvalue weighted by Crippen LogP contribution is 2.31. The van der Waals surface area contributed by atoms with E-state index in [0.29, 0.717) is 12.4 Å². The molecule has 2 aliphatic heterocycles. The van der Waals surface area contributed by atoms with E-state index >= 15 is 0 Å². The summed E-state index contributed by atoms with van der Waals surface area (Å²) in [6.45, 7) is 4.57. The Bertz CT molecular complexity index is 768. The van der Waals surface area contributed by atoms with Crippen LogP contribution in [0.3, 0.4) is 0 Å². The zero-order valence-electron chi connectivity index (χ0n) is 14.1. The molecule has 2 saturated heterocycles. The van der Waals surface area contributed by atoms with Crippen molar-refractivity contribution in [2.24, 2.45) is 0 Å². The van der Waals surface area contributed by atoms with Crippen LogP contribution in [0.2, 0.25) is 0 Å². The Hall–Kier alpha value is -2.48. The van der Waals surface area contributed by atoms with Gasteiger partial charge in [0.2, 0.25) is 0 Å². The number of aromatic nitrogens is 3. The number of carbonyl (C=O) groups is 1. The number of halogens is 1. The summed E-state index contributed by atoms with van der Waals surface area (Å²) in [6, 6.07) is 3.60. The van der Waals surface area contributed by atoms with Crippen LogP contribution in [-0.4, -0.2) is 50.9 Å². The maximum Gasteiger partial charge on any atom is 0.318 e. The first-order valence-electron chi connectivity index (χ1n) is 8.52. The number of amides is 2. The van der Waals surface area contributed by atoms with Crippen molar-refractivity contribution in [3.8, 4) is 5.82 Å². The maximum absolute atomic E-state index is 13.1. The molecule has 2 aliphatic rings. The van der Waals surface area contributed by atoms with Crippen molar-refractivity contribution in [2.75, 3.05) is 19.6 Å². The van der Waals surface area contributed by atoms with Crippen molar-refractivity contribution in [2.45, 2.75) is 31.3 Å². The Morgan fingerprint density at radius 2 is 2.08 bits per heavy atom. The van der Waals surface area contributed by atoms with Gasteiger partial charge in [-0.15, -0.1) is 0 Å². The fourth-order valence-electron chi connectivity index (χ4n) is 3.62. The van der Waals surface area contributed by atoms with Crippen LogP contribution in [0.5, 0.6) is 0 Å². The summed E-state index contributed by atoms with van der Waals surface area (Å²) in [5.74, 6) is 0.140. The fraction of sp³-hybridized carbons (Fsp3) is 0.471. The molecular weight excluding hydrogens is 323 g/mol. The lowest BCUT2D eigenvalue weighted by Gasteiger charge is -2.33. The molecule has 7 nitrogen and oxygen atoms in total. The van der Waals surface area contributed by atoms with Crippen molar-refractivity contribution < 1.29 is 9.18 Å². The van der Waals surface area contributed by atoms with Crippen molar-refractivity contribution in [1.29, 1.82) is 0 Å². The highest BCUT2D eigenvalue weighted by atomic mass is 19.1. The molecule has 0 saturated carbocycles. The van der Waals surface area contributed by atoms with Crippen molar-refractivity contribution in [1.82, 2.24) is 30.3 Å². The molecule has 132 valence electrons.